The third-order valence-electron chi connectivity index (χ3n) is 5.45. The Hall–Kier alpha value is -1.70. The summed E-state index contributed by atoms with van der Waals surface area (Å²) in [5.41, 5.74) is 4.68. The standard InChI is InChI=1S/C22H30N2/c1-3-4-18-9-12-20(13-10-18)22-16-15-21(23-24-22)14-11-19-7-5-17(2)6-8-19/h9-10,12-13,15-17,19H,3-8,11,14H2,1-2H3. The summed E-state index contributed by atoms with van der Waals surface area (Å²) in [6.07, 6.45) is 10.3. The van der Waals surface area contributed by atoms with Gasteiger partial charge < -0.3 is 0 Å². The van der Waals surface area contributed by atoms with E-state index < -0.39 is 0 Å². The molecule has 1 fully saturated rings. The summed E-state index contributed by atoms with van der Waals surface area (Å²) in [5, 5.41) is 8.91. The molecule has 0 aliphatic heterocycles. The highest BCUT2D eigenvalue weighted by atomic mass is 15.1. The van der Waals surface area contributed by atoms with Gasteiger partial charge in [-0.15, -0.1) is 0 Å². The summed E-state index contributed by atoms with van der Waals surface area (Å²) in [6.45, 7) is 4.60. The maximum absolute atomic E-state index is 4.46. The van der Waals surface area contributed by atoms with Crippen molar-refractivity contribution >= 4 is 0 Å². The molecule has 1 heterocycles. The summed E-state index contributed by atoms with van der Waals surface area (Å²) in [7, 11) is 0. The molecule has 0 bridgehead atoms. The van der Waals surface area contributed by atoms with E-state index in [0.717, 1.165) is 41.6 Å². The van der Waals surface area contributed by atoms with Gasteiger partial charge in [0.15, 0.2) is 0 Å². The molecule has 128 valence electrons. The molecule has 1 saturated carbocycles. The fourth-order valence-electron chi connectivity index (χ4n) is 3.75. The number of hydrogen-bond donors (Lipinski definition) is 0. The van der Waals surface area contributed by atoms with Crippen LogP contribution in [0.15, 0.2) is 36.4 Å². The van der Waals surface area contributed by atoms with Gasteiger partial charge in [-0.25, -0.2) is 0 Å². The van der Waals surface area contributed by atoms with Gasteiger partial charge in [-0.1, -0.05) is 70.2 Å². The molecule has 0 spiro atoms. The second-order valence-electron chi connectivity index (χ2n) is 7.52. The quantitative estimate of drug-likeness (QED) is 0.666. The molecule has 0 amide bonds. The highest BCUT2D eigenvalue weighted by Crippen LogP contribution is 2.31. The zero-order valence-electron chi connectivity index (χ0n) is 15.2. The first-order valence-corrected chi connectivity index (χ1v) is 9.66. The number of rotatable bonds is 6. The third kappa shape index (κ3) is 4.66. The molecular formula is C22H30N2. The van der Waals surface area contributed by atoms with Crippen molar-refractivity contribution in [2.75, 3.05) is 0 Å². The highest BCUT2D eigenvalue weighted by molar-refractivity contribution is 5.58. The van der Waals surface area contributed by atoms with Gasteiger partial charge in [0, 0.05) is 5.56 Å². The Kier molecular flexibility index (Phi) is 6.01. The molecule has 0 N–H and O–H groups in total. The predicted molar refractivity (Wildman–Crippen MR) is 101 cm³/mol. The summed E-state index contributed by atoms with van der Waals surface area (Å²) >= 11 is 0. The lowest BCUT2D eigenvalue weighted by molar-refractivity contribution is 0.277. The molecule has 2 aromatic rings. The van der Waals surface area contributed by atoms with Crippen LogP contribution in [-0.2, 0) is 12.8 Å². The average molecular weight is 322 g/mol. The van der Waals surface area contributed by atoms with Gasteiger partial charge in [-0.3, -0.25) is 0 Å². The topological polar surface area (TPSA) is 25.8 Å². The van der Waals surface area contributed by atoms with Crippen molar-refractivity contribution in [1.82, 2.24) is 10.2 Å². The molecule has 1 aromatic carbocycles. The average Bonchev–Trinajstić information content (AvgIpc) is 2.63. The molecule has 0 unspecified atom stereocenters. The molecule has 3 rings (SSSR count). The van der Waals surface area contributed by atoms with Gasteiger partial charge in [0.05, 0.1) is 11.4 Å². The van der Waals surface area contributed by atoms with E-state index in [-0.39, 0.29) is 0 Å². The molecule has 1 aromatic heterocycles. The number of aryl methyl sites for hydroxylation is 2. The van der Waals surface area contributed by atoms with Gasteiger partial charge in [-0.05, 0) is 48.8 Å². The number of hydrogen-bond acceptors (Lipinski definition) is 2. The van der Waals surface area contributed by atoms with Crippen molar-refractivity contribution in [3.8, 4) is 11.3 Å². The minimum absolute atomic E-state index is 0.897. The van der Waals surface area contributed by atoms with Gasteiger partial charge >= 0.3 is 0 Å². The van der Waals surface area contributed by atoms with Crippen LogP contribution in [0.4, 0.5) is 0 Å². The van der Waals surface area contributed by atoms with Crippen LogP contribution in [0.5, 0.6) is 0 Å². The first-order chi connectivity index (χ1) is 11.7. The molecule has 1 aliphatic carbocycles. The van der Waals surface area contributed by atoms with Crippen LogP contribution in [0, 0.1) is 11.8 Å². The normalized spacial score (nSPS) is 20.9. The first-order valence-electron chi connectivity index (χ1n) is 9.66. The van der Waals surface area contributed by atoms with Crippen LogP contribution in [0.3, 0.4) is 0 Å². The lowest BCUT2D eigenvalue weighted by Crippen LogP contribution is -2.13. The molecule has 2 nitrogen and oxygen atoms in total. The van der Waals surface area contributed by atoms with Crippen molar-refractivity contribution in [3.05, 3.63) is 47.7 Å². The summed E-state index contributed by atoms with van der Waals surface area (Å²) < 4.78 is 0. The zero-order chi connectivity index (χ0) is 16.8. The Morgan fingerprint density at radius 3 is 2.25 bits per heavy atom. The van der Waals surface area contributed by atoms with E-state index in [1.807, 2.05) is 0 Å². The smallest absolute Gasteiger partial charge is 0.0929 e. The Morgan fingerprint density at radius 1 is 0.875 bits per heavy atom. The van der Waals surface area contributed by atoms with Crippen LogP contribution in [0.2, 0.25) is 0 Å². The predicted octanol–water partition coefficient (Wildman–Crippen LogP) is 5.86. The van der Waals surface area contributed by atoms with Crippen LogP contribution in [-0.4, -0.2) is 10.2 Å². The minimum atomic E-state index is 0.897. The van der Waals surface area contributed by atoms with E-state index in [4.69, 9.17) is 0 Å². The molecule has 0 atom stereocenters. The number of aromatic nitrogens is 2. The van der Waals surface area contributed by atoms with Crippen molar-refractivity contribution in [1.29, 1.82) is 0 Å². The highest BCUT2D eigenvalue weighted by Gasteiger charge is 2.18. The van der Waals surface area contributed by atoms with Crippen LogP contribution >= 0.6 is 0 Å². The molecule has 24 heavy (non-hydrogen) atoms. The lowest BCUT2D eigenvalue weighted by atomic mass is 9.81. The molecule has 1 aliphatic rings. The largest absolute Gasteiger partial charge is 0.155 e. The SMILES string of the molecule is CCCc1ccc(-c2ccc(CCC3CCC(C)CC3)nn2)cc1. The van der Waals surface area contributed by atoms with E-state index in [2.05, 4.69) is 60.4 Å². The minimum Gasteiger partial charge on any atom is -0.155 e. The van der Waals surface area contributed by atoms with Crippen LogP contribution in [0.25, 0.3) is 11.3 Å². The Labute approximate surface area is 146 Å². The van der Waals surface area contributed by atoms with Crippen molar-refractivity contribution in [3.63, 3.8) is 0 Å². The van der Waals surface area contributed by atoms with Gasteiger partial charge in [0.1, 0.15) is 0 Å². The van der Waals surface area contributed by atoms with Gasteiger partial charge in [-0.2, -0.15) is 10.2 Å². The second kappa shape index (κ2) is 8.41. The summed E-state index contributed by atoms with van der Waals surface area (Å²) in [5.74, 6) is 1.83. The Bertz CT molecular complexity index is 607. The second-order valence-corrected chi connectivity index (χ2v) is 7.52. The van der Waals surface area contributed by atoms with Crippen molar-refractivity contribution < 1.29 is 0 Å². The maximum atomic E-state index is 4.46. The maximum Gasteiger partial charge on any atom is 0.0929 e. The number of nitrogens with zero attached hydrogens (tertiary/aromatic N) is 2. The Morgan fingerprint density at radius 2 is 1.62 bits per heavy atom. The monoisotopic (exact) mass is 322 g/mol. The van der Waals surface area contributed by atoms with E-state index in [0.29, 0.717) is 0 Å². The summed E-state index contributed by atoms with van der Waals surface area (Å²) in [4.78, 5) is 0. The molecule has 2 heteroatoms. The fraction of sp³-hybridized carbons (Fsp3) is 0.545. The molecular weight excluding hydrogens is 292 g/mol. The Balaban J connectivity index is 1.55. The molecule has 0 radical (unpaired) electrons. The third-order valence-corrected chi connectivity index (χ3v) is 5.45. The fourth-order valence-corrected chi connectivity index (χ4v) is 3.75. The van der Waals surface area contributed by atoms with Crippen molar-refractivity contribution in [2.24, 2.45) is 11.8 Å². The lowest BCUT2D eigenvalue weighted by Gasteiger charge is -2.25. The van der Waals surface area contributed by atoms with Crippen LogP contribution in [0.1, 0.15) is 63.6 Å². The molecule has 0 saturated heterocycles. The first kappa shape index (κ1) is 17.1. The van der Waals surface area contributed by atoms with Crippen molar-refractivity contribution in [2.45, 2.75) is 65.2 Å². The zero-order valence-corrected chi connectivity index (χ0v) is 15.2. The van der Waals surface area contributed by atoms with E-state index in [9.17, 15) is 0 Å². The van der Waals surface area contributed by atoms with Crippen LogP contribution < -0.4 is 0 Å². The summed E-state index contributed by atoms with van der Waals surface area (Å²) in [6, 6.07) is 13.0. The van der Waals surface area contributed by atoms with Gasteiger partial charge in [0.25, 0.3) is 0 Å². The van der Waals surface area contributed by atoms with E-state index >= 15 is 0 Å². The number of benzene rings is 1. The van der Waals surface area contributed by atoms with E-state index in [1.54, 1.807) is 0 Å². The van der Waals surface area contributed by atoms with Gasteiger partial charge in [0.2, 0.25) is 0 Å². The van der Waals surface area contributed by atoms with E-state index in [1.165, 1.54) is 44.1 Å².